The predicted molar refractivity (Wildman–Crippen MR) is 144 cm³/mol. The number of amides is 1. The number of pyridine rings is 1. The van der Waals surface area contributed by atoms with E-state index < -0.39 is 85.4 Å². The molecule has 5 atom stereocenters. The van der Waals surface area contributed by atoms with Gasteiger partial charge in [0.15, 0.2) is 9.84 Å². The molecule has 2 saturated carbocycles. The van der Waals surface area contributed by atoms with Crippen molar-refractivity contribution in [3.63, 3.8) is 0 Å². The van der Waals surface area contributed by atoms with E-state index in [-0.39, 0.29) is 12.0 Å². The molecule has 10 nitrogen and oxygen atoms in total. The van der Waals surface area contributed by atoms with Crippen LogP contribution in [0.25, 0.3) is 11.1 Å². The Morgan fingerprint density at radius 3 is 2.40 bits per heavy atom. The number of carbonyl (C=O) groups is 2. The second-order valence-electron chi connectivity index (χ2n) is 11.5. The number of benzene rings is 1. The minimum atomic E-state index is -5.06. The molecule has 0 radical (unpaired) electrons. The third kappa shape index (κ3) is 5.27. The zero-order chi connectivity index (χ0) is 31.4. The van der Waals surface area contributed by atoms with Gasteiger partial charge in [-0.05, 0) is 74.4 Å². The van der Waals surface area contributed by atoms with E-state index in [2.05, 4.69) is 4.98 Å². The second kappa shape index (κ2) is 10.9. The number of ether oxygens (including phenoxy) is 2. The molecule has 2 aromatic rings. The Hall–Kier alpha value is -3.54. The van der Waals surface area contributed by atoms with Gasteiger partial charge in [0.05, 0.1) is 34.0 Å². The second-order valence-corrected chi connectivity index (χ2v) is 13.7. The van der Waals surface area contributed by atoms with Gasteiger partial charge in [0.25, 0.3) is 0 Å². The summed E-state index contributed by atoms with van der Waals surface area (Å²) in [6.45, 7) is 2.31. The lowest BCUT2D eigenvalue weighted by atomic mass is 9.75. The number of primary amides is 1. The van der Waals surface area contributed by atoms with Crippen LogP contribution in [0.2, 0.25) is 0 Å². The minimum Gasteiger partial charge on any atom is -0.481 e. The van der Waals surface area contributed by atoms with Gasteiger partial charge in [0.2, 0.25) is 5.91 Å². The smallest absolute Gasteiger partial charge is 0.417 e. The molecule has 1 aromatic heterocycles. The van der Waals surface area contributed by atoms with Gasteiger partial charge in [0, 0.05) is 31.0 Å². The molecule has 2 unspecified atom stereocenters. The fourth-order valence-corrected chi connectivity index (χ4v) is 8.68. The predicted octanol–water partition coefficient (Wildman–Crippen LogP) is 3.66. The molecule has 3 fully saturated rings. The number of nitrogens with two attached hydrogens (primary N) is 1. The molecule has 230 valence electrons. The van der Waals surface area contributed by atoms with Gasteiger partial charge in [-0.3, -0.25) is 14.6 Å². The van der Waals surface area contributed by atoms with E-state index in [0.29, 0.717) is 37.3 Å². The van der Waals surface area contributed by atoms with Gasteiger partial charge in [-0.25, -0.2) is 8.42 Å². The average molecular weight is 622 g/mol. The number of nitrogens with zero attached hydrogens (tertiary/aromatic N) is 2. The lowest BCUT2D eigenvalue weighted by molar-refractivity contribution is -0.168. The van der Waals surface area contributed by atoms with Gasteiger partial charge in [0.1, 0.15) is 10.8 Å². The van der Waals surface area contributed by atoms with Crippen LogP contribution in [0.15, 0.2) is 41.4 Å². The van der Waals surface area contributed by atoms with E-state index in [1.165, 1.54) is 18.3 Å². The Labute approximate surface area is 245 Å². The molecule has 2 aliphatic carbocycles. The number of sulfone groups is 1. The summed E-state index contributed by atoms with van der Waals surface area (Å²) in [6.07, 6.45) is -5.97. The van der Waals surface area contributed by atoms with Crippen LogP contribution in [-0.4, -0.2) is 61.1 Å². The molecule has 1 saturated heterocycles. The third-order valence-electron chi connectivity index (χ3n) is 9.02. The van der Waals surface area contributed by atoms with Crippen molar-refractivity contribution in [2.45, 2.75) is 67.6 Å². The Bertz CT molecular complexity index is 1600. The van der Waals surface area contributed by atoms with Crippen molar-refractivity contribution in [1.29, 1.82) is 5.26 Å². The van der Waals surface area contributed by atoms with Crippen LogP contribution in [0.1, 0.15) is 43.4 Å². The molecule has 1 amide bonds. The van der Waals surface area contributed by atoms with Crippen molar-refractivity contribution in [2.75, 3.05) is 13.2 Å². The van der Waals surface area contributed by atoms with Crippen LogP contribution in [0.3, 0.4) is 0 Å². The monoisotopic (exact) mass is 621 g/mol. The lowest BCUT2D eigenvalue weighted by Gasteiger charge is -2.35. The highest BCUT2D eigenvalue weighted by molar-refractivity contribution is 7.92. The molecule has 0 spiro atoms. The van der Waals surface area contributed by atoms with E-state index in [0.717, 1.165) is 12.1 Å². The summed E-state index contributed by atoms with van der Waals surface area (Å²) >= 11 is 0. The molecule has 1 aromatic carbocycles. The first-order valence-electron chi connectivity index (χ1n) is 13.7. The van der Waals surface area contributed by atoms with Crippen molar-refractivity contribution in [3.05, 3.63) is 47.8 Å². The number of aliphatic carboxylic acids is 1. The van der Waals surface area contributed by atoms with Crippen LogP contribution in [0.5, 0.6) is 0 Å². The van der Waals surface area contributed by atoms with E-state index >= 15 is 0 Å². The Balaban J connectivity index is 1.58. The normalized spacial score (nSPS) is 29.6. The number of carboxylic acids is 1. The lowest BCUT2D eigenvalue weighted by Crippen LogP contribution is -2.46. The minimum absolute atomic E-state index is 0.127. The maximum atomic E-state index is 14.4. The highest BCUT2D eigenvalue weighted by atomic mass is 32.2. The van der Waals surface area contributed by atoms with Crippen molar-refractivity contribution in [3.8, 4) is 17.2 Å². The molecule has 5 rings (SSSR count). The Morgan fingerprint density at radius 1 is 1.16 bits per heavy atom. The summed E-state index contributed by atoms with van der Waals surface area (Å²) in [5.41, 5.74) is 1.29. The number of alkyl halides is 3. The van der Waals surface area contributed by atoms with Crippen LogP contribution in [0.4, 0.5) is 13.2 Å². The first-order valence-corrected chi connectivity index (χ1v) is 15.3. The van der Waals surface area contributed by atoms with Gasteiger partial charge in [-0.2, -0.15) is 18.4 Å². The van der Waals surface area contributed by atoms with Crippen molar-refractivity contribution < 1.29 is 45.8 Å². The van der Waals surface area contributed by atoms with E-state index in [4.69, 9.17) is 15.2 Å². The largest absolute Gasteiger partial charge is 0.481 e. The molecule has 1 aliphatic heterocycles. The molecule has 43 heavy (non-hydrogen) atoms. The van der Waals surface area contributed by atoms with Gasteiger partial charge < -0.3 is 20.3 Å². The van der Waals surface area contributed by atoms with E-state index in [9.17, 15) is 41.5 Å². The molecular formula is C29H30F3N3O7S. The first-order chi connectivity index (χ1) is 20.2. The fourth-order valence-electron chi connectivity index (χ4n) is 6.66. The van der Waals surface area contributed by atoms with Crippen LogP contribution in [-0.2, 0) is 35.1 Å². The number of hydrogen-bond acceptors (Lipinski definition) is 8. The molecule has 14 heteroatoms. The summed E-state index contributed by atoms with van der Waals surface area (Å²) < 4.78 is 82.7. The maximum absolute atomic E-state index is 14.4. The molecule has 3 N–H and O–H groups in total. The number of carbonyl (C=O) groups excluding carboxylic acids is 1. The number of halogens is 3. The Kier molecular flexibility index (Phi) is 7.81. The summed E-state index contributed by atoms with van der Waals surface area (Å²) in [5, 5.41) is 18.7. The number of rotatable bonds is 8. The zero-order valence-corrected chi connectivity index (χ0v) is 24.0. The number of hydrogen-bond donors (Lipinski definition) is 2. The SMILES string of the molecule is Cc1cc(-c2ccc(S(=O)(=O)[C@H]3C[C@@H](OC4CCOCC4)[C@](C(=O)O)(C4CC4(C#N)C(N)=O)C3)c(C(F)(F)F)c2)ccn1. The van der Waals surface area contributed by atoms with E-state index in [1.54, 1.807) is 19.1 Å². The van der Waals surface area contributed by atoms with Gasteiger partial charge >= 0.3 is 12.1 Å². The fraction of sp³-hybridized carbons (Fsp3) is 0.517. The molecule has 2 heterocycles. The number of aromatic nitrogens is 1. The van der Waals surface area contributed by atoms with Crippen LogP contribution < -0.4 is 5.73 Å². The summed E-state index contributed by atoms with van der Waals surface area (Å²) in [4.78, 5) is 28.3. The number of carboxylic acid groups (broad SMARTS) is 1. The Morgan fingerprint density at radius 2 is 1.84 bits per heavy atom. The maximum Gasteiger partial charge on any atom is 0.417 e. The van der Waals surface area contributed by atoms with Crippen LogP contribution >= 0.6 is 0 Å². The topological polar surface area (TPSA) is 170 Å². The summed E-state index contributed by atoms with van der Waals surface area (Å²) in [7, 11) is -4.81. The molecule has 3 aliphatic rings. The van der Waals surface area contributed by atoms with Crippen molar-refractivity contribution >= 4 is 21.7 Å². The first kappa shape index (κ1) is 30.9. The average Bonchev–Trinajstić information content (AvgIpc) is 3.60. The highest BCUT2D eigenvalue weighted by Crippen LogP contribution is 2.67. The molecular weight excluding hydrogens is 591 g/mol. The quantitative estimate of drug-likeness (QED) is 0.447. The number of aryl methyl sites for hydroxylation is 1. The van der Waals surface area contributed by atoms with Gasteiger partial charge in [-0.1, -0.05) is 6.07 Å². The summed E-state index contributed by atoms with van der Waals surface area (Å²) in [6, 6.07) is 7.78. The van der Waals surface area contributed by atoms with Crippen molar-refractivity contribution in [1.82, 2.24) is 4.98 Å². The zero-order valence-electron chi connectivity index (χ0n) is 23.1. The van der Waals surface area contributed by atoms with Crippen molar-refractivity contribution in [2.24, 2.45) is 22.5 Å². The standard InChI is InChI=1S/C29H30F3N3O7S/c1-16-10-18(4-7-35-16)17-2-3-22(21(11-17)29(30,31)32)43(39,40)20-12-24(42-19-5-8-41-9-6-19)28(13-20,26(37)38)23-14-27(23,15-33)25(34)36/h2-4,7,10-11,19-20,23-24H,5-6,8-9,12-14H2,1H3,(H2,34,36)(H,37,38)/t20-,23?,24+,27?,28+/m0/s1. The van der Waals surface area contributed by atoms with Gasteiger partial charge in [-0.15, -0.1) is 0 Å². The van der Waals surface area contributed by atoms with Crippen LogP contribution in [0, 0.1) is 35.0 Å². The molecule has 0 bridgehead atoms. The third-order valence-corrected chi connectivity index (χ3v) is 11.2. The van der Waals surface area contributed by atoms with E-state index in [1.807, 2.05) is 0 Å². The number of nitriles is 1. The highest BCUT2D eigenvalue weighted by Gasteiger charge is 2.75. The summed E-state index contributed by atoms with van der Waals surface area (Å²) in [5.74, 6) is -3.72.